The van der Waals surface area contributed by atoms with Gasteiger partial charge in [-0.25, -0.2) is 4.98 Å². The van der Waals surface area contributed by atoms with Gasteiger partial charge in [0.15, 0.2) is 5.16 Å². The van der Waals surface area contributed by atoms with Crippen LogP contribution < -0.4 is 5.32 Å². The number of fused-ring (bicyclic) bond motifs is 1. The lowest BCUT2D eigenvalue weighted by molar-refractivity contribution is -0.120. The smallest absolute Gasteiger partial charge is 0.233 e. The van der Waals surface area contributed by atoms with E-state index in [4.69, 9.17) is 0 Å². The van der Waals surface area contributed by atoms with Crippen molar-refractivity contribution in [3.05, 3.63) is 24.3 Å². The van der Waals surface area contributed by atoms with Crippen molar-refractivity contribution in [2.75, 3.05) is 0 Å². The first-order chi connectivity index (χ1) is 9.15. The van der Waals surface area contributed by atoms with Gasteiger partial charge in [-0.05, 0) is 31.9 Å². The van der Waals surface area contributed by atoms with Crippen LogP contribution in [-0.2, 0) is 11.8 Å². The second-order valence-electron chi connectivity index (χ2n) is 4.99. The molecule has 0 radical (unpaired) electrons. The fourth-order valence-electron chi connectivity index (χ4n) is 1.99. The average molecular weight is 275 g/mol. The molecule has 1 unspecified atom stereocenters. The molecular formula is C14H17N3OS. The lowest BCUT2D eigenvalue weighted by Crippen LogP contribution is -2.32. The van der Waals surface area contributed by atoms with Crippen molar-refractivity contribution < 1.29 is 4.79 Å². The van der Waals surface area contributed by atoms with Crippen molar-refractivity contribution in [3.63, 3.8) is 0 Å². The molecule has 100 valence electrons. The zero-order chi connectivity index (χ0) is 13.4. The molecular weight excluding hydrogens is 258 g/mol. The highest BCUT2D eigenvalue weighted by Gasteiger charge is 2.26. The van der Waals surface area contributed by atoms with Crippen LogP contribution in [0, 0.1) is 0 Å². The van der Waals surface area contributed by atoms with Crippen LogP contribution >= 0.6 is 11.8 Å². The number of carbonyl (C=O) groups is 1. The maximum absolute atomic E-state index is 12.0. The highest BCUT2D eigenvalue weighted by atomic mass is 32.2. The van der Waals surface area contributed by atoms with E-state index in [1.165, 1.54) is 11.8 Å². The quantitative estimate of drug-likeness (QED) is 0.871. The van der Waals surface area contributed by atoms with Crippen LogP contribution in [0.2, 0.25) is 0 Å². The second kappa shape index (κ2) is 4.89. The van der Waals surface area contributed by atoms with E-state index in [1.54, 1.807) is 0 Å². The predicted octanol–water partition coefficient (Wildman–Crippen LogP) is 2.33. The number of hydrogen-bond donors (Lipinski definition) is 1. The molecule has 0 aliphatic heterocycles. The molecule has 1 aromatic carbocycles. The van der Waals surface area contributed by atoms with Crippen LogP contribution in [0.25, 0.3) is 11.0 Å². The summed E-state index contributed by atoms with van der Waals surface area (Å²) in [5.41, 5.74) is 2.07. The number of nitrogens with zero attached hydrogens (tertiary/aromatic N) is 2. The van der Waals surface area contributed by atoms with Gasteiger partial charge < -0.3 is 9.88 Å². The van der Waals surface area contributed by atoms with Crippen molar-refractivity contribution in [3.8, 4) is 0 Å². The van der Waals surface area contributed by atoms with E-state index < -0.39 is 0 Å². The zero-order valence-electron chi connectivity index (χ0n) is 11.1. The number of nitrogens with one attached hydrogen (secondary N) is 1. The summed E-state index contributed by atoms with van der Waals surface area (Å²) in [4.78, 5) is 16.5. The summed E-state index contributed by atoms with van der Waals surface area (Å²) in [6.45, 7) is 1.93. The number of hydrogen-bond acceptors (Lipinski definition) is 3. The first kappa shape index (κ1) is 12.5. The fourth-order valence-corrected chi connectivity index (χ4v) is 2.89. The van der Waals surface area contributed by atoms with Crippen molar-refractivity contribution >= 4 is 28.7 Å². The lowest BCUT2D eigenvalue weighted by Gasteiger charge is -2.10. The van der Waals surface area contributed by atoms with Crippen molar-refractivity contribution in [2.24, 2.45) is 7.05 Å². The highest BCUT2D eigenvalue weighted by Crippen LogP contribution is 2.27. The van der Waals surface area contributed by atoms with E-state index in [0.29, 0.717) is 6.04 Å². The monoisotopic (exact) mass is 275 g/mol. The summed E-state index contributed by atoms with van der Waals surface area (Å²) in [5, 5.41) is 3.80. The molecule has 0 saturated heterocycles. The van der Waals surface area contributed by atoms with Crippen LogP contribution in [0.4, 0.5) is 0 Å². The van der Waals surface area contributed by atoms with Gasteiger partial charge in [0.1, 0.15) is 0 Å². The molecule has 1 atom stereocenters. The number of imidazole rings is 1. The Labute approximate surface area is 116 Å². The van der Waals surface area contributed by atoms with Gasteiger partial charge >= 0.3 is 0 Å². The van der Waals surface area contributed by atoms with E-state index in [2.05, 4.69) is 10.3 Å². The van der Waals surface area contributed by atoms with Gasteiger partial charge in [0, 0.05) is 13.1 Å². The molecule has 1 amide bonds. The zero-order valence-corrected chi connectivity index (χ0v) is 11.9. The number of rotatable bonds is 4. The highest BCUT2D eigenvalue weighted by molar-refractivity contribution is 8.00. The summed E-state index contributed by atoms with van der Waals surface area (Å²) < 4.78 is 2.04. The Morgan fingerprint density at radius 1 is 1.47 bits per heavy atom. The Kier molecular flexibility index (Phi) is 3.22. The van der Waals surface area contributed by atoms with Crippen LogP contribution in [-0.4, -0.2) is 26.8 Å². The third-order valence-corrected chi connectivity index (χ3v) is 4.46. The molecule has 1 heterocycles. The fraction of sp³-hybridized carbons (Fsp3) is 0.429. The molecule has 1 N–H and O–H groups in total. The summed E-state index contributed by atoms with van der Waals surface area (Å²) in [7, 11) is 1.99. The van der Waals surface area contributed by atoms with E-state index in [-0.39, 0.29) is 11.2 Å². The van der Waals surface area contributed by atoms with Crippen molar-refractivity contribution in [1.29, 1.82) is 0 Å². The molecule has 1 aliphatic carbocycles. The molecule has 5 heteroatoms. The molecule has 3 rings (SSSR count). The Balaban J connectivity index is 1.76. The summed E-state index contributed by atoms with van der Waals surface area (Å²) in [6.07, 6.45) is 2.24. The summed E-state index contributed by atoms with van der Waals surface area (Å²) >= 11 is 1.51. The van der Waals surface area contributed by atoms with Gasteiger partial charge in [0.05, 0.1) is 16.3 Å². The van der Waals surface area contributed by atoms with Gasteiger partial charge in [-0.2, -0.15) is 0 Å². The van der Waals surface area contributed by atoms with Gasteiger partial charge in [-0.15, -0.1) is 0 Å². The minimum atomic E-state index is -0.115. The third-order valence-electron chi connectivity index (χ3n) is 3.32. The number of aryl methyl sites for hydroxylation is 1. The van der Waals surface area contributed by atoms with Crippen LogP contribution in [0.15, 0.2) is 29.4 Å². The van der Waals surface area contributed by atoms with Crippen LogP contribution in [0.1, 0.15) is 19.8 Å². The first-order valence-electron chi connectivity index (χ1n) is 6.53. The molecule has 1 saturated carbocycles. The number of para-hydroxylation sites is 2. The Hall–Kier alpha value is -1.49. The maximum atomic E-state index is 12.0. The molecule has 2 aromatic rings. The summed E-state index contributed by atoms with van der Waals surface area (Å²) in [5.74, 6) is 0.111. The predicted molar refractivity (Wildman–Crippen MR) is 77.2 cm³/mol. The second-order valence-corrected chi connectivity index (χ2v) is 6.29. The maximum Gasteiger partial charge on any atom is 0.233 e. The minimum Gasteiger partial charge on any atom is -0.352 e. The molecule has 0 spiro atoms. The van der Waals surface area contributed by atoms with Gasteiger partial charge in [0.2, 0.25) is 5.91 Å². The molecule has 1 aliphatic rings. The third kappa shape index (κ3) is 2.61. The Morgan fingerprint density at radius 2 is 2.21 bits per heavy atom. The van der Waals surface area contributed by atoms with Crippen LogP contribution in [0.5, 0.6) is 0 Å². The molecule has 4 nitrogen and oxygen atoms in total. The molecule has 19 heavy (non-hydrogen) atoms. The SMILES string of the molecule is CC(Sc1nc2ccccc2n1C)C(=O)NC1CC1. The van der Waals surface area contributed by atoms with E-state index in [1.807, 2.05) is 42.8 Å². The van der Waals surface area contributed by atoms with E-state index >= 15 is 0 Å². The number of amides is 1. The van der Waals surface area contributed by atoms with E-state index in [0.717, 1.165) is 29.0 Å². The first-order valence-corrected chi connectivity index (χ1v) is 7.41. The number of aromatic nitrogens is 2. The average Bonchev–Trinajstić information content (AvgIpc) is 3.16. The molecule has 1 aromatic heterocycles. The summed E-state index contributed by atoms with van der Waals surface area (Å²) in [6, 6.07) is 8.43. The number of carbonyl (C=O) groups excluding carboxylic acids is 1. The van der Waals surface area contributed by atoms with Gasteiger partial charge in [0.25, 0.3) is 0 Å². The molecule has 1 fully saturated rings. The molecule has 0 bridgehead atoms. The van der Waals surface area contributed by atoms with Crippen LogP contribution in [0.3, 0.4) is 0 Å². The number of benzene rings is 1. The largest absolute Gasteiger partial charge is 0.352 e. The number of thioether (sulfide) groups is 1. The van der Waals surface area contributed by atoms with E-state index in [9.17, 15) is 4.79 Å². The van der Waals surface area contributed by atoms with Gasteiger partial charge in [-0.1, -0.05) is 23.9 Å². The standard InChI is InChI=1S/C14H17N3OS/c1-9(13(18)15-10-7-8-10)19-14-16-11-5-3-4-6-12(11)17(14)2/h3-6,9-10H,7-8H2,1-2H3,(H,15,18). The lowest BCUT2D eigenvalue weighted by atomic mass is 10.3. The Bertz CT molecular complexity index is 618. The van der Waals surface area contributed by atoms with Crippen molar-refractivity contribution in [2.45, 2.75) is 36.2 Å². The van der Waals surface area contributed by atoms with Gasteiger partial charge in [-0.3, -0.25) is 4.79 Å². The normalized spacial score (nSPS) is 16.5. The van der Waals surface area contributed by atoms with Crippen molar-refractivity contribution in [1.82, 2.24) is 14.9 Å². The Morgan fingerprint density at radius 3 is 2.89 bits per heavy atom. The topological polar surface area (TPSA) is 46.9 Å². The minimum absolute atomic E-state index is 0.111.